The second kappa shape index (κ2) is 9.59. The highest BCUT2D eigenvalue weighted by Crippen LogP contribution is 2.28. The molecule has 0 radical (unpaired) electrons. The molecule has 0 aliphatic carbocycles. The molecule has 12 heteroatoms. The van der Waals surface area contributed by atoms with Crippen molar-refractivity contribution in [1.29, 1.82) is 0 Å². The number of piperidine rings is 1. The largest absolute Gasteiger partial charge is 0.405 e. The van der Waals surface area contributed by atoms with Gasteiger partial charge in [-0.25, -0.2) is 8.42 Å². The van der Waals surface area contributed by atoms with Gasteiger partial charge in [0, 0.05) is 29.2 Å². The van der Waals surface area contributed by atoms with Crippen LogP contribution in [0.1, 0.15) is 28.1 Å². The van der Waals surface area contributed by atoms with E-state index in [0.717, 1.165) is 4.88 Å². The lowest BCUT2D eigenvalue weighted by molar-refractivity contribution is -0.123. The molecular weight excluding hydrogens is 467 g/mol. The molecule has 0 bridgehead atoms. The minimum atomic E-state index is -4.51. The van der Waals surface area contributed by atoms with Crippen molar-refractivity contribution in [3.63, 3.8) is 0 Å². The monoisotopic (exact) mass is 489 g/mol. The second-order valence-electron chi connectivity index (χ2n) is 7.43. The fourth-order valence-electron chi connectivity index (χ4n) is 3.28. The molecular formula is C20H22F3N3O4S2. The third-order valence-corrected chi connectivity index (χ3v) is 8.26. The molecule has 2 heterocycles. The average Bonchev–Trinajstić information content (AvgIpc) is 3.19. The SMILES string of the molecule is Cc1ccc(S(=O)(=O)N2CCCC(C(=O)Nc3ccc(C(=O)NCC(F)(F)F)cc3)C2)s1. The molecule has 1 fully saturated rings. The number of halogens is 3. The third kappa shape index (κ3) is 6.08. The zero-order valence-corrected chi connectivity index (χ0v) is 18.7. The Morgan fingerprint density at radius 2 is 1.84 bits per heavy atom. The van der Waals surface area contributed by atoms with Crippen LogP contribution in [0.2, 0.25) is 0 Å². The molecule has 1 saturated heterocycles. The van der Waals surface area contributed by atoms with Gasteiger partial charge in [0.05, 0.1) is 5.92 Å². The number of hydrogen-bond donors (Lipinski definition) is 2. The van der Waals surface area contributed by atoms with Crippen molar-refractivity contribution in [3.8, 4) is 0 Å². The van der Waals surface area contributed by atoms with Gasteiger partial charge in [0.1, 0.15) is 10.8 Å². The molecule has 1 unspecified atom stereocenters. The number of aryl methyl sites for hydroxylation is 1. The Balaban J connectivity index is 1.60. The van der Waals surface area contributed by atoms with Gasteiger partial charge in [-0.15, -0.1) is 11.3 Å². The first-order valence-electron chi connectivity index (χ1n) is 9.78. The molecule has 2 amide bonds. The maximum Gasteiger partial charge on any atom is 0.405 e. The molecule has 1 atom stereocenters. The summed E-state index contributed by atoms with van der Waals surface area (Å²) < 4.78 is 63.9. The van der Waals surface area contributed by atoms with E-state index in [0.29, 0.717) is 25.1 Å². The lowest BCUT2D eigenvalue weighted by Crippen LogP contribution is -2.43. The summed E-state index contributed by atoms with van der Waals surface area (Å²) in [6, 6.07) is 8.72. The van der Waals surface area contributed by atoms with Gasteiger partial charge in [-0.2, -0.15) is 17.5 Å². The maximum absolute atomic E-state index is 12.8. The summed E-state index contributed by atoms with van der Waals surface area (Å²) in [5.74, 6) is -1.78. The van der Waals surface area contributed by atoms with Gasteiger partial charge in [0.25, 0.3) is 15.9 Å². The third-order valence-electron chi connectivity index (χ3n) is 4.93. The van der Waals surface area contributed by atoms with Crippen molar-refractivity contribution in [3.05, 3.63) is 46.8 Å². The molecule has 1 aromatic heterocycles. The molecule has 2 N–H and O–H groups in total. The highest BCUT2D eigenvalue weighted by Gasteiger charge is 2.34. The number of sulfonamides is 1. The van der Waals surface area contributed by atoms with Gasteiger partial charge in [-0.1, -0.05) is 0 Å². The number of nitrogens with zero attached hydrogens (tertiary/aromatic N) is 1. The summed E-state index contributed by atoms with van der Waals surface area (Å²) in [6.07, 6.45) is -3.44. The van der Waals surface area contributed by atoms with Crippen LogP contribution in [0.3, 0.4) is 0 Å². The minimum absolute atomic E-state index is 0.0217. The summed E-state index contributed by atoms with van der Waals surface area (Å²) in [7, 11) is -3.66. The van der Waals surface area contributed by atoms with Crippen molar-refractivity contribution in [2.45, 2.75) is 30.2 Å². The maximum atomic E-state index is 12.8. The number of nitrogens with one attached hydrogen (secondary N) is 2. The van der Waals surface area contributed by atoms with Crippen LogP contribution in [0.5, 0.6) is 0 Å². The molecule has 0 saturated carbocycles. The Bertz CT molecular complexity index is 1080. The number of benzene rings is 1. The molecule has 2 aromatic rings. The van der Waals surface area contributed by atoms with Gasteiger partial charge >= 0.3 is 6.18 Å². The zero-order valence-electron chi connectivity index (χ0n) is 17.1. The quantitative estimate of drug-likeness (QED) is 0.650. The van der Waals surface area contributed by atoms with E-state index in [1.54, 1.807) is 17.4 Å². The minimum Gasteiger partial charge on any atom is -0.343 e. The van der Waals surface area contributed by atoms with E-state index in [2.05, 4.69) is 5.32 Å². The number of carbonyl (C=O) groups excluding carboxylic acids is 2. The molecule has 1 aromatic carbocycles. The Hall–Kier alpha value is -2.44. The standard InChI is InChI=1S/C20H22F3N3O4S2/c1-13-4-9-17(31-13)32(29,30)26-10-2-3-15(11-26)19(28)25-16-7-5-14(6-8-16)18(27)24-12-20(21,22)23/h4-9,15H,2-3,10-12H2,1H3,(H,24,27)(H,25,28). The van der Waals surface area contributed by atoms with Gasteiger partial charge in [-0.05, 0) is 56.2 Å². The topological polar surface area (TPSA) is 95.6 Å². The Morgan fingerprint density at radius 3 is 2.44 bits per heavy atom. The van der Waals surface area contributed by atoms with Gasteiger partial charge < -0.3 is 10.6 Å². The van der Waals surface area contributed by atoms with E-state index in [9.17, 15) is 31.2 Å². The van der Waals surface area contributed by atoms with E-state index in [4.69, 9.17) is 0 Å². The Labute approximate surface area is 187 Å². The van der Waals surface area contributed by atoms with Crippen LogP contribution < -0.4 is 10.6 Å². The molecule has 1 aliphatic heterocycles. The number of amides is 2. The first kappa shape index (κ1) is 24.2. The smallest absolute Gasteiger partial charge is 0.343 e. The van der Waals surface area contributed by atoms with Crippen LogP contribution in [0, 0.1) is 12.8 Å². The number of hydrogen-bond acceptors (Lipinski definition) is 5. The van der Waals surface area contributed by atoms with Crippen LogP contribution in [0.4, 0.5) is 18.9 Å². The van der Waals surface area contributed by atoms with Crippen LogP contribution in [-0.4, -0.2) is 50.3 Å². The molecule has 174 valence electrons. The first-order chi connectivity index (χ1) is 15.0. The molecule has 7 nitrogen and oxygen atoms in total. The average molecular weight is 490 g/mol. The fourth-order valence-corrected chi connectivity index (χ4v) is 6.25. The van der Waals surface area contributed by atoms with Gasteiger partial charge in [-0.3, -0.25) is 9.59 Å². The fraction of sp³-hybridized carbons (Fsp3) is 0.400. The summed E-state index contributed by atoms with van der Waals surface area (Å²) in [4.78, 5) is 25.3. The van der Waals surface area contributed by atoms with Crippen molar-refractivity contribution < 1.29 is 31.2 Å². The number of alkyl halides is 3. The predicted molar refractivity (Wildman–Crippen MR) is 114 cm³/mol. The second-order valence-corrected chi connectivity index (χ2v) is 10.9. The van der Waals surface area contributed by atoms with Gasteiger partial charge in [0.2, 0.25) is 5.91 Å². The Kier molecular flexibility index (Phi) is 7.25. The molecule has 3 rings (SSSR count). The number of thiophene rings is 1. The molecule has 1 aliphatic rings. The highest BCUT2D eigenvalue weighted by atomic mass is 32.2. The van der Waals surface area contributed by atoms with E-state index < -0.39 is 34.6 Å². The highest BCUT2D eigenvalue weighted by molar-refractivity contribution is 7.91. The summed E-state index contributed by atoms with van der Waals surface area (Å²) in [5, 5.41) is 4.45. The van der Waals surface area contributed by atoms with Crippen molar-refractivity contribution in [1.82, 2.24) is 9.62 Å². The summed E-state index contributed by atoms with van der Waals surface area (Å²) >= 11 is 1.18. The van der Waals surface area contributed by atoms with Crippen LogP contribution in [-0.2, 0) is 14.8 Å². The zero-order chi connectivity index (χ0) is 23.5. The van der Waals surface area contributed by atoms with Gasteiger partial charge in [0.15, 0.2) is 0 Å². The normalized spacial score (nSPS) is 17.7. The van der Waals surface area contributed by atoms with Crippen LogP contribution >= 0.6 is 11.3 Å². The van der Waals surface area contributed by atoms with Crippen LogP contribution in [0.25, 0.3) is 0 Å². The van der Waals surface area contributed by atoms with E-state index in [1.165, 1.54) is 39.9 Å². The van der Waals surface area contributed by atoms with Crippen molar-refractivity contribution in [2.24, 2.45) is 5.92 Å². The summed E-state index contributed by atoms with van der Waals surface area (Å²) in [5.41, 5.74) is 0.379. The van der Waals surface area contributed by atoms with Crippen molar-refractivity contribution >= 4 is 38.9 Å². The number of carbonyl (C=O) groups is 2. The number of rotatable bonds is 6. The lowest BCUT2D eigenvalue weighted by Gasteiger charge is -2.30. The first-order valence-corrected chi connectivity index (χ1v) is 12.0. The lowest BCUT2D eigenvalue weighted by atomic mass is 9.98. The Morgan fingerprint density at radius 1 is 1.16 bits per heavy atom. The molecule has 0 spiro atoms. The van der Waals surface area contributed by atoms with E-state index in [1.807, 2.05) is 6.92 Å². The summed E-state index contributed by atoms with van der Waals surface area (Å²) in [6.45, 7) is 0.783. The van der Waals surface area contributed by atoms with Crippen LogP contribution in [0.15, 0.2) is 40.6 Å². The predicted octanol–water partition coefficient (Wildman–Crippen LogP) is 3.39. The molecule has 32 heavy (non-hydrogen) atoms. The number of anilines is 1. The van der Waals surface area contributed by atoms with E-state index >= 15 is 0 Å². The van der Waals surface area contributed by atoms with Crippen molar-refractivity contribution in [2.75, 3.05) is 25.0 Å². The van der Waals surface area contributed by atoms with E-state index in [-0.39, 0.29) is 22.2 Å².